The van der Waals surface area contributed by atoms with Crippen LogP contribution in [0.2, 0.25) is 0 Å². The summed E-state index contributed by atoms with van der Waals surface area (Å²) in [5, 5.41) is 18.3. The van der Waals surface area contributed by atoms with Crippen molar-refractivity contribution in [3.05, 3.63) is 60.8 Å². The van der Waals surface area contributed by atoms with Crippen LogP contribution in [0, 0.1) is 0 Å². The van der Waals surface area contributed by atoms with Gasteiger partial charge in [0.15, 0.2) is 0 Å². The standard InChI is InChI=1S/C22H34O3/c1-2-3-4-15-18-21(23)19-16-13-11-9-7-5-6-8-10-12-14-17-20-22(24)25/h3-4,6-9,13,15-16,18,21,23H,2,5,10-12,14,17,19-20H2,1H3,(H,24,25)/b4-3-,8-6-,9-7-,16-13-,18-15+. The Morgan fingerprint density at radius 2 is 1.56 bits per heavy atom. The second-order valence-corrected chi connectivity index (χ2v) is 5.90. The monoisotopic (exact) mass is 346 g/mol. The molecule has 0 aromatic heterocycles. The third-order valence-electron chi connectivity index (χ3n) is 3.50. The van der Waals surface area contributed by atoms with E-state index in [1.807, 2.05) is 18.2 Å². The van der Waals surface area contributed by atoms with E-state index in [4.69, 9.17) is 5.11 Å². The van der Waals surface area contributed by atoms with Gasteiger partial charge in [0.05, 0.1) is 6.10 Å². The number of carbonyl (C=O) groups is 1. The maximum Gasteiger partial charge on any atom is 0.303 e. The van der Waals surface area contributed by atoms with E-state index >= 15 is 0 Å². The molecule has 25 heavy (non-hydrogen) atoms. The molecule has 0 fully saturated rings. The van der Waals surface area contributed by atoms with Crippen LogP contribution in [0.5, 0.6) is 0 Å². The third-order valence-corrected chi connectivity index (χ3v) is 3.50. The van der Waals surface area contributed by atoms with Crippen LogP contribution in [0.15, 0.2) is 60.8 Å². The van der Waals surface area contributed by atoms with Crippen LogP contribution in [0.4, 0.5) is 0 Å². The molecule has 0 aliphatic heterocycles. The molecule has 0 aromatic carbocycles. The predicted molar refractivity (Wildman–Crippen MR) is 107 cm³/mol. The van der Waals surface area contributed by atoms with Crippen LogP contribution >= 0.6 is 0 Å². The first-order valence-corrected chi connectivity index (χ1v) is 9.35. The van der Waals surface area contributed by atoms with Crippen molar-refractivity contribution < 1.29 is 15.0 Å². The van der Waals surface area contributed by atoms with E-state index in [1.54, 1.807) is 6.08 Å². The lowest BCUT2D eigenvalue weighted by Crippen LogP contribution is -1.98. The third kappa shape index (κ3) is 20.1. The molecule has 3 nitrogen and oxygen atoms in total. The molecule has 0 saturated heterocycles. The summed E-state index contributed by atoms with van der Waals surface area (Å²) in [7, 11) is 0. The molecule has 0 bridgehead atoms. The van der Waals surface area contributed by atoms with Gasteiger partial charge in [-0.1, -0.05) is 74.1 Å². The lowest BCUT2D eigenvalue weighted by molar-refractivity contribution is -0.137. The SMILES string of the molecule is CC/C=C\C=C\C(O)C/C=C\C/C=C\C/C=C\CCCCCC(=O)O. The van der Waals surface area contributed by atoms with Crippen molar-refractivity contribution in [1.82, 2.24) is 0 Å². The highest BCUT2D eigenvalue weighted by molar-refractivity contribution is 5.66. The Bertz CT molecular complexity index is 456. The normalized spacial score (nSPS) is 14.0. The maximum atomic E-state index is 10.4. The zero-order valence-corrected chi connectivity index (χ0v) is 15.5. The zero-order chi connectivity index (χ0) is 18.6. The number of hydrogen-bond acceptors (Lipinski definition) is 2. The molecule has 0 rings (SSSR count). The first kappa shape index (κ1) is 23.1. The molecular formula is C22H34O3. The summed E-state index contributed by atoms with van der Waals surface area (Å²) >= 11 is 0. The molecule has 0 spiro atoms. The first-order chi connectivity index (χ1) is 12.2. The second kappa shape index (κ2) is 18.5. The molecule has 0 aromatic rings. The molecule has 0 heterocycles. The Labute approximate surface area is 153 Å². The Morgan fingerprint density at radius 1 is 0.880 bits per heavy atom. The molecule has 1 atom stereocenters. The van der Waals surface area contributed by atoms with Gasteiger partial charge < -0.3 is 10.2 Å². The Morgan fingerprint density at radius 3 is 2.24 bits per heavy atom. The van der Waals surface area contributed by atoms with Crippen LogP contribution in [0.3, 0.4) is 0 Å². The van der Waals surface area contributed by atoms with E-state index in [9.17, 15) is 9.90 Å². The van der Waals surface area contributed by atoms with Gasteiger partial charge in [0.1, 0.15) is 0 Å². The maximum absolute atomic E-state index is 10.4. The summed E-state index contributed by atoms with van der Waals surface area (Å²) < 4.78 is 0. The molecular weight excluding hydrogens is 312 g/mol. The number of rotatable bonds is 15. The number of aliphatic carboxylic acids is 1. The number of aliphatic hydroxyl groups is 1. The fourth-order valence-electron chi connectivity index (χ4n) is 2.10. The van der Waals surface area contributed by atoms with Crippen LogP contribution in [-0.4, -0.2) is 22.3 Å². The van der Waals surface area contributed by atoms with Crippen LogP contribution < -0.4 is 0 Å². The number of allylic oxidation sites excluding steroid dienone is 8. The van der Waals surface area contributed by atoms with Crippen molar-refractivity contribution in [2.75, 3.05) is 0 Å². The number of aliphatic hydroxyl groups excluding tert-OH is 1. The van der Waals surface area contributed by atoms with Crippen LogP contribution in [0.25, 0.3) is 0 Å². The molecule has 3 heteroatoms. The minimum atomic E-state index is -0.704. The Hall–Kier alpha value is -1.87. The zero-order valence-electron chi connectivity index (χ0n) is 15.5. The van der Waals surface area contributed by atoms with Gasteiger partial charge >= 0.3 is 5.97 Å². The van der Waals surface area contributed by atoms with Gasteiger partial charge in [-0.3, -0.25) is 4.79 Å². The Kier molecular flexibility index (Phi) is 17.1. The molecule has 2 N–H and O–H groups in total. The van der Waals surface area contributed by atoms with Crippen molar-refractivity contribution in [1.29, 1.82) is 0 Å². The van der Waals surface area contributed by atoms with Gasteiger partial charge in [0.2, 0.25) is 0 Å². The van der Waals surface area contributed by atoms with E-state index in [1.165, 1.54) is 0 Å². The highest BCUT2D eigenvalue weighted by atomic mass is 16.4. The fraction of sp³-hybridized carbons (Fsp3) is 0.500. The van der Waals surface area contributed by atoms with E-state index in [0.717, 1.165) is 44.9 Å². The van der Waals surface area contributed by atoms with Gasteiger partial charge in [-0.2, -0.15) is 0 Å². The number of hydrogen-bond donors (Lipinski definition) is 2. The van der Waals surface area contributed by atoms with Crippen LogP contribution in [0.1, 0.15) is 64.7 Å². The molecule has 0 amide bonds. The quantitative estimate of drug-likeness (QED) is 0.226. The number of carboxylic acids is 1. The lowest BCUT2D eigenvalue weighted by Gasteiger charge is -1.98. The highest BCUT2D eigenvalue weighted by Gasteiger charge is 1.95. The summed E-state index contributed by atoms with van der Waals surface area (Å²) in [5.74, 6) is -0.704. The van der Waals surface area contributed by atoms with E-state index in [2.05, 4.69) is 43.4 Å². The van der Waals surface area contributed by atoms with Gasteiger partial charge in [0, 0.05) is 6.42 Å². The van der Waals surface area contributed by atoms with Crippen molar-refractivity contribution in [3.63, 3.8) is 0 Å². The van der Waals surface area contributed by atoms with Crippen molar-refractivity contribution in [2.45, 2.75) is 70.8 Å². The average molecular weight is 347 g/mol. The summed E-state index contributed by atoms with van der Waals surface area (Å²) in [6, 6.07) is 0. The van der Waals surface area contributed by atoms with Gasteiger partial charge in [0.25, 0.3) is 0 Å². The number of unbranched alkanes of at least 4 members (excludes halogenated alkanes) is 3. The van der Waals surface area contributed by atoms with Gasteiger partial charge in [-0.25, -0.2) is 0 Å². The smallest absolute Gasteiger partial charge is 0.303 e. The largest absolute Gasteiger partial charge is 0.481 e. The van der Waals surface area contributed by atoms with E-state index in [0.29, 0.717) is 6.42 Å². The summed E-state index contributed by atoms with van der Waals surface area (Å²) in [5.41, 5.74) is 0. The van der Waals surface area contributed by atoms with Crippen molar-refractivity contribution in [2.24, 2.45) is 0 Å². The molecule has 0 saturated carbocycles. The summed E-state index contributed by atoms with van der Waals surface area (Å²) in [6.07, 6.45) is 27.5. The average Bonchev–Trinajstić information content (AvgIpc) is 2.58. The topological polar surface area (TPSA) is 57.5 Å². The first-order valence-electron chi connectivity index (χ1n) is 9.35. The fourth-order valence-corrected chi connectivity index (χ4v) is 2.10. The van der Waals surface area contributed by atoms with Gasteiger partial charge in [-0.05, 0) is 44.9 Å². The molecule has 0 aliphatic rings. The minimum absolute atomic E-state index is 0.281. The predicted octanol–water partition coefficient (Wildman–Crippen LogP) is 5.74. The van der Waals surface area contributed by atoms with Crippen LogP contribution in [-0.2, 0) is 4.79 Å². The van der Waals surface area contributed by atoms with Crippen molar-refractivity contribution in [3.8, 4) is 0 Å². The van der Waals surface area contributed by atoms with Gasteiger partial charge in [-0.15, -0.1) is 0 Å². The van der Waals surface area contributed by atoms with E-state index in [-0.39, 0.29) is 6.42 Å². The van der Waals surface area contributed by atoms with E-state index < -0.39 is 12.1 Å². The molecule has 1 unspecified atom stereocenters. The molecule has 140 valence electrons. The summed E-state index contributed by atoms with van der Waals surface area (Å²) in [6.45, 7) is 2.08. The summed E-state index contributed by atoms with van der Waals surface area (Å²) in [4.78, 5) is 10.4. The van der Waals surface area contributed by atoms with Crippen molar-refractivity contribution >= 4 is 5.97 Å². The highest BCUT2D eigenvalue weighted by Crippen LogP contribution is 2.04. The minimum Gasteiger partial charge on any atom is -0.481 e. The lowest BCUT2D eigenvalue weighted by atomic mass is 10.1. The number of carboxylic acid groups (broad SMARTS) is 1. The second-order valence-electron chi connectivity index (χ2n) is 5.90. The molecule has 0 aliphatic carbocycles. The Balaban J connectivity index is 3.55. The molecule has 0 radical (unpaired) electrons.